The number of aromatic nitrogens is 1. The van der Waals surface area contributed by atoms with Crippen LogP contribution in [0.2, 0.25) is 0 Å². The van der Waals surface area contributed by atoms with Crippen LogP contribution in [0.1, 0.15) is 38.7 Å². The number of likely N-dealkylation sites (tertiary alicyclic amines) is 1. The van der Waals surface area contributed by atoms with Gasteiger partial charge in [-0.3, -0.25) is 14.5 Å². The molecule has 0 bridgehead atoms. The number of nitrogens with zero attached hydrogens (tertiary/aromatic N) is 2. The molecule has 0 radical (unpaired) electrons. The quantitative estimate of drug-likeness (QED) is 0.815. The zero-order valence-electron chi connectivity index (χ0n) is 15.4. The highest BCUT2D eigenvalue weighted by Gasteiger charge is 2.17. The van der Waals surface area contributed by atoms with Crippen molar-refractivity contribution in [1.29, 1.82) is 0 Å². The van der Waals surface area contributed by atoms with E-state index >= 15 is 0 Å². The second-order valence-electron chi connectivity index (χ2n) is 6.91. The summed E-state index contributed by atoms with van der Waals surface area (Å²) in [7, 11) is 0. The summed E-state index contributed by atoms with van der Waals surface area (Å²) >= 11 is 1.42. The fourth-order valence-corrected chi connectivity index (χ4v) is 4.34. The van der Waals surface area contributed by atoms with Crippen LogP contribution >= 0.6 is 11.3 Å². The maximum atomic E-state index is 12.2. The number of amides is 2. The van der Waals surface area contributed by atoms with Gasteiger partial charge in [0.15, 0.2) is 5.13 Å². The maximum absolute atomic E-state index is 12.2. The van der Waals surface area contributed by atoms with Crippen LogP contribution in [-0.2, 0) is 16.0 Å². The Hall–Kier alpha value is -1.99. The molecule has 0 unspecified atom stereocenters. The topological polar surface area (TPSA) is 74.3 Å². The van der Waals surface area contributed by atoms with Crippen molar-refractivity contribution in [2.75, 3.05) is 25.0 Å². The standard InChI is InChI=1S/C19H26N4O2S/c1-13-5-3-4-9-23(13)10-8-20-18(25)12-15-6-7-16-17(11-15)26-19(22-16)21-14(2)24/h6-7,11,13H,3-5,8-10,12H2,1-2H3,(H,20,25)(H,21,22,24)/t13-/m0/s1. The zero-order valence-corrected chi connectivity index (χ0v) is 16.2. The van der Waals surface area contributed by atoms with Crippen LogP contribution in [0.15, 0.2) is 18.2 Å². The summed E-state index contributed by atoms with van der Waals surface area (Å²) in [6, 6.07) is 6.42. The predicted octanol–water partition coefficient (Wildman–Crippen LogP) is 2.79. The van der Waals surface area contributed by atoms with Crippen molar-refractivity contribution >= 4 is 38.5 Å². The number of benzene rings is 1. The molecule has 1 atom stereocenters. The van der Waals surface area contributed by atoms with E-state index in [1.165, 1.54) is 37.5 Å². The summed E-state index contributed by atoms with van der Waals surface area (Å²) in [5.41, 5.74) is 1.79. The zero-order chi connectivity index (χ0) is 18.5. The summed E-state index contributed by atoms with van der Waals surface area (Å²) in [5, 5.41) is 6.32. The van der Waals surface area contributed by atoms with Crippen LogP contribution < -0.4 is 10.6 Å². The first kappa shape index (κ1) is 18.8. The third-order valence-electron chi connectivity index (χ3n) is 4.76. The van der Waals surface area contributed by atoms with Crippen LogP contribution in [0.25, 0.3) is 10.2 Å². The fraction of sp³-hybridized carbons (Fsp3) is 0.526. The molecule has 1 aromatic heterocycles. The number of fused-ring (bicyclic) bond motifs is 1. The number of hydrogen-bond acceptors (Lipinski definition) is 5. The van der Waals surface area contributed by atoms with Gasteiger partial charge in [0.2, 0.25) is 11.8 Å². The SMILES string of the molecule is CC(=O)Nc1nc2ccc(CC(=O)NCCN3CCCC[C@@H]3C)cc2s1. The van der Waals surface area contributed by atoms with E-state index in [-0.39, 0.29) is 11.8 Å². The number of thiazole rings is 1. The lowest BCUT2D eigenvalue weighted by Gasteiger charge is -2.33. The Balaban J connectivity index is 1.51. The molecule has 3 rings (SSSR count). The number of carbonyl (C=O) groups excluding carboxylic acids is 2. The first-order valence-electron chi connectivity index (χ1n) is 9.19. The minimum Gasteiger partial charge on any atom is -0.355 e. The molecule has 140 valence electrons. The Labute approximate surface area is 158 Å². The van der Waals surface area contributed by atoms with E-state index in [0.29, 0.717) is 24.1 Å². The van der Waals surface area contributed by atoms with Crippen LogP contribution in [0.4, 0.5) is 5.13 Å². The summed E-state index contributed by atoms with van der Waals surface area (Å²) in [6.07, 6.45) is 4.18. The largest absolute Gasteiger partial charge is 0.355 e. The van der Waals surface area contributed by atoms with E-state index in [1.54, 1.807) is 0 Å². The van der Waals surface area contributed by atoms with Crippen molar-refractivity contribution in [3.63, 3.8) is 0 Å². The number of hydrogen-bond donors (Lipinski definition) is 2. The molecule has 0 spiro atoms. The molecular weight excluding hydrogens is 348 g/mol. The smallest absolute Gasteiger partial charge is 0.224 e. The first-order chi connectivity index (χ1) is 12.5. The molecule has 2 N–H and O–H groups in total. The van der Waals surface area contributed by atoms with Gasteiger partial charge in [-0.15, -0.1) is 0 Å². The van der Waals surface area contributed by atoms with Gasteiger partial charge in [0.25, 0.3) is 0 Å². The number of nitrogens with one attached hydrogen (secondary N) is 2. The second kappa shape index (κ2) is 8.60. The highest BCUT2D eigenvalue weighted by molar-refractivity contribution is 7.22. The van der Waals surface area contributed by atoms with E-state index in [1.807, 2.05) is 18.2 Å². The number of rotatable bonds is 6. The van der Waals surface area contributed by atoms with Crippen LogP contribution in [0.5, 0.6) is 0 Å². The average Bonchev–Trinajstić information content (AvgIpc) is 2.97. The van der Waals surface area contributed by atoms with Crippen molar-refractivity contribution in [2.45, 2.75) is 45.6 Å². The Morgan fingerprint density at radius 2 is 2.19 bits per heavy atom. The van der Waals surface area contributed by atoms with Gasteiger partial charge in [0.1, 0.15) is 0 Å². The van der Waals surface area contributed by atoms with Crippen molar-refractivity contribution in [3.8, 4) is 0 Å². The molecule has 0 saturated carbocycles. The molecule has 2 amide bonds. The van der Waals surface area contributed by atoms with Crippen LogP contribution in [0, 0.1) is 0 Å². The van der Waals surface area contributed by atoms with Crippen LogP contribution in [-0.4, -0.2) is 47.4 Å². The summed E-state index contributed by atoms with van der Waals surface area (Å²) in [6.45, 7) is 6.47. The molecule has 2 heterocycles. The lowest BCUT2D eigenvalue weighted by atomic mass is 10.0. The van der Waals surface area contributed by atoms with Crippen molar-refractivity contribution in [2.24, 2.45) is 0 Å². The van der Waals surface area contributed by atoms with Gasteiger partial charge in [0.05, 0.1) is 16.6 Å². The molecule has 1 aliphatic rings. The van der Waals surface area contributed by atoms with Crippen LogP contribution in [0.3, 0.4) is 0 Å². The summed E-state index contributed by atoms with van der Waals surface area (Å²) in [4.78, 5) is 30.2. The molecule has 7 heteroatoms. The molecular formula is C19H26N4O2S. The first-order valence-corrected chi connectivity index (χ1v) is 10.0. The Kier molecular flexibility index (Phi) is 6.21. The van der Waals surface area contributed by atoms with Gasteiger partial charge in [0, 0.05) is 26.1 Å². The normalized spacial score (nSPS) is 18.0. The number of anilines is 1. The van der Waals surface area contributed by atoms with Gasteiger partial charge in [-0.25, -0.2) is 4.98 Å². The molecule has 6 nitrogen and oxygen atoms in total. The highest BCUT2D eigenvalue weighted by atomic mass is 32.1. The summed E-state index contributed by atoms with van der Waals surface area (Å²) < 4.78 is 0.973. The van der Waals surface area contributed by atoms with E-state index < -0.39 is 0 Å². The molecule has 2 aromatic rings. The van der Waals surface area contributed by atoms with Gasteiger partial charge in [-0.1, -0.05) is 23.8 Å². The Morgan fingerprint density at radius 1 is 1.35 bits per heavy atom. The Bertz CT molecular complexity index is 789. The van der Waals surface area contributed by atoms with Crippen molar-refractivity contribution in [3.05, 3.63) is 23.8 Å². The predicted molar refractivity (Wildman–Crippen MR) is 106 cm³/mol. The molecule has 0 aliphatic carbocycles. The van der Waals surface area contributed by atoms with E-state index in [2.05, 4.69) is 27.4 Å². The molecule has 1 aromatic carbocycles. The lowest BCUT2D eigenvalue weighted by Crippen LogP contribution is -2.42. The molecule has 1 aliphatic heterocycles. The highest BCUT2D eigenvalue weighted by Crippen LogP contribution is 2.27. The average molecular weight is 375 g/mol. The minimum absolute atomic E-state index is 0.0422. The summed E-state index contributed by atoms with van der Waals surface area (Å²) in [5.74, 6) is -0.0905. The van der Waals surface area contributed by atoms with Crippen molar-refractivity contribution in [1.82, 2.24) is 15.2 Å². The minimum atomic E-state index is -0.133. The van der Waals surface area contributed by atoms with E-state index in [0.717, 1.165) is 28.9 Å². The number of carbonyl (C=O) groups is 2. The molecule has 1 fully saturated rings. The van der Waals surface area contributed by atoms with Gasteiger partial charge in [-0.2, -0.15) is 0 Å². The maximum Gasteiger partial charge on any atom is 0.224 e. The van der Waals surface area contributed by atoms with E-state index in [9.17, 15) is 9.59 Å². The van der Waals surface area contributed by atoms with Gasteiger partial charge < -0.3 is 10.6 Å². The lowest BCUT2D eigenvalue weighted by molar-refractivity contribution is -0.120. The monoisotopic (exact) mass is 374 g/mol. The second-order valence-corrected chi connectivity index (χ2v) is 7.94. The third-order valence-corrected chi connectivity index (χ3v) is 5.70. The molecule has 26 heavy (non-hydrogen) atoms. The Morgan fingerprint density at radius 3 is 2.96 bits per heavy atom. The van der Waals surface area contributed by atoms with Crippen molar-refractivity contribution < 1.29 is 9.59 Å². The van der Waals surface area contributed by atoms with E-state index in [4.69, 9.17) is 0 Å². The number of piperidine rings is 1. The molecule has 1 saturated heterocycles. The van der Waals surface area contributed by atoms with Gasteiger partial charge in [-0.05, 0) is 44.0 Å². The van der Waals surface area contributed by atoms with Gasteiger partial charge >= 0.3 is 0 Å². The third kappa shape index (κ3) is 5.02. The fourth-order valence-electron chi connectivity index (χ4n) is 3.36.